The van der Waals surface area contributed by atoms with Crippen LogP contribution < -0.4 is 5.32 Å². The number of nitrogens with one attached hydrogen (secondary N) is 1. The minimum atomic E-state index is -1.15. The van der Waals surface area contributed by atoms with Gasteiger partial charge < -0.3 is 19.4 Å². The van der Waals surface area contributed by atoms with E-state index in [1.54, 1.807) is 24.5 Å². The van der Waals surface area contributed by atoms with Crippen molar-refractivity contribution in [1.82, 2.24) is 25.3 Å². The van der Waals surface area contributed by atoms with Gasteiger partial charge in [-0.1, -0.05) is 5.16 Å². The molecule has 0 radical (unpaired) electrons. The highest BCUT2D eigenvalue weighted by atomic mass is 16.5. The predicted octanol–water partition coefficient (Wildman–Crippen LogP) is 1.88. The molecule has 4 rings (SSSR count). The summed E-state index contributed by atoms with van der Waals surface area (Å²) in [6.07, 6.45) is 5.07. The second kappa shape index (κ2) is 8.23. The molecule has 1 amide bonds. The van der Waals surface area contributed by atoms with Crippen molar-refractivity contribution in [1.29, 1.82) is 0 Å². The van der Waals surface area contributed by atoms with E-state index >= 15 is 0 Å². The van der Waals surface area contributed by atoms with Crippen LogP contribution >= 0.6 is 0 Å². The van der Waals surface area contributed by atoms with Gasteiger partial charge in [-0.2, -0.15) is 4.98 Å². The number of aromatic carboxylic acids is 1. The van der Waals surface area contributed by atoms with Crippen molar-refractivity contribution in [3.8, 4) is 11.4 Å². The first kappa shape index (κ1) is 18.8. The molecule has 2 N–H and O–H groups in total. The number of rotatable bonds is 7. The Morgan fingerprint density at radius 1 is 1.24 bits per heavy atom. The lowest BCUT2D eigenvalue weighted by molar-refractivity contribution is -0.122. The SMILES string of the molecule is O=C(CN1CCC[C@H]1c1nc(-c2ccncc2)no1)NCc1ccc(C(=O)O)o1. The van der Waals surface area contributed by atoms with Crippen molar-refractivity contribution >= 4 is 11.9 Å². The Kier molecular flexibility index (Phi) is 5.34. The molecule has 10 heteroatoms. The lowest BCUT2D eigenvalue weighted by atomic mass is 10.2. The van der Waals surface area contributed by atoms with Crippen LogP contribution in [-0.2, 0) is 11.3 Å². The number of carboxylic acids is 1. The number of carbonyl (C=O) groups excluding carboxylic acids is 1. The largest absolute Gasteiger partial charge is 0.475 e. The molecule has 0 aliphatic carbocycles. The van der Waals surface area contributed by atoms with E-state index in [1.165, 1.54) is 12.1 Å². The number of carboxylic acid groups (broad SMARTS) is 1. The zero-order valence-corrected chi connectivity index (χ0v) is 15.4. The van der Waals surface area contributed by atoms with Crippen LogP contribution in [0.25, 0.3) is 11.4 Å². The number of aromatic nitrogens is 3. The van der Waals surface area contributed by atoms with E-state index in [2.05, 4.69) is 20.4 Å². The standard InChI is InChI=1S/C19H19N5O5/c25-16(21-10-13-3-4-15(28-13)19(26)27)11-24-9-1-2-14(24)18-22-17(23-29-18)12-5-7-20-8-6-12/h3-8,14H,1-2,9-11H2,(H,21,25)(H,26,27)/t14-/m0/s1. The summed E-state index contributed by atoms with van der Waals surface area (Å²) in [5, 5.41) is 15.6. The third kappa shape index (κ3) is 4.32. The number of furan rings is 1. The number of hydrogen-bond donors (Lipinski definition) is 2. The summed E-state index contributed by atoms with van der Waals surface area (Å²) in [7, 11) is 0. The highest BCUT2D eigenvalue weighted by molar-refractivity contribution is 5.84. The summed E-state index contributed by atoms with van der Waals surface area (Å²) in [6, 6.07) is 6.38. The number of nitrogens with zero attached hydrogens (tertiary/aromatic N) is 4. The van der Waals surface area contributed by atoms with Crippen LogP contribution in [0.2, 0.25) is 0 Å². The lowest BCUT2D eigenvalue weighted by Gasteiger charge is -2.20. The molecule has 1 aliphatic rings. The van der Waals surface area contributed by atoms with Gasteiger partial charge in [0.05, 0.1) is 19.1 Å². The average molecular weight is 397 g/mol. The molecule has 4 heterocycles. The van der Waals surface area contributed by atoms with Crippen molar-refractivity contribution in [2.45, 2.75) is 25.4 Å². The molecule has 3 aromatic heterocycles. The second-order valence-corrected chi connectivity index (χ2v) is 6.67. The van der Waals surface area contributed by atoms with Crippen molar-refractivity contribution in [2.24, 2.45) is 0 Å². The van der Waals surface area contributed by atoms with Crippen LogP contribution in [0.1, 0.15) is 41.1 Å². The topological polar surface area (TPSA) is 135 Å². The molecule has 0 spiro atoms. The summed E-state index contributed by atoms with van der Waals surface area (Å²) in [5.74, 6) is -0.139. The van der Waals surface area contributed by atoms with E-state index < -0.39 is 5.97 Å². The smallest absolute Gasteiger partial charge is 0.371 e. The Morgan fingerprint density at radius 2 is 2.07 bits per heavy atom. The van der Waals surface area contributed by atoms with E-state index in [0.717, 1.165) is 24.9 Å². The fourth-order valence-corrected chi connectivity index (χ4v) is 3.30. The second-order valence-electron chi connectivity index (χ2n) is 6.67. The maximum absolute atomic E-state index is 12.3. The Labute approximate surface area is 165 Å². The van der Waals surface area contributed by atoms with Gasteiger partial charge in [0.2, 0.25) is 23.4 Å². The monoisotopic (exact) mass is 397 g/mol. The van der Waals surface area contributed by atoms with Crippen LogP contribution in [0, 0.1) is 0 Å². The van der Waals surface area contributed by atoms with Gasteiger partial charge in [-0.15, -0.1) is 0 Å². The van der Waals surface area contributed by atoms with Crippen LogP contribution in [0.3, 0.4) is 0 Å². The Morgan fingerprint density at radius 3 is 2.83 bits per heavy atom. The fourth-order valence-electron chi connectivity index (χ4n) is 3.30. The van der Waals surface area contributed by atoms with Crippen molar-refractivity contribution in [2.75, 3.05) is 13.1 Å². The van der Waals surface area contributed by atoms with Gasteiger partial charge in [0, 0.05) is 18.0 Å². The molecule has 1 atom stereocenters. The third-order valence-corrected chi connectivity index (χ3v) is 4.71. The molecular formula is C19H19N5O5. The lowest BCUT2D eigenvalue weighted by Crippen LogP contribution is -2.36. The minimum Gasteiger partial charge on any atom is -0.475 e. The van der Waals surface area contributed by atoms with Gasteiger partial charge in [0.15, 0.2) is 0 Å². The van der Waals surface area contributed by atoms with E-state index in [4.69, 9.17) is 14.0 Å². The van der Waals surface area contributed by atoms with Crippen LogP contribution in [0.15, 0.2) is 45.6 Å². The Hall–Kier alpha value is -3.53. The first-order valence-corrected chi connectivity index (χ1v) is 9.17. The summed E-state index contributed by atoms with van der Waals surface area (Å²) < 4.78 is 10.6. The molecular weight excluding hydrogens is 378 g/mol. The molecule has 29 heavy (non-hydrogen) atoms. The molecule has 150 valence electrons. The van der Waals surface area contributed by atoms with Gasteiger partial charge in [-0.25, -0.2) is 4.79 Å². The third-order valence-electron chi connectivity index (χ3n) is 4.71. The predicted molar refractivity (Wildman–Crippen MR) is 98.6 cm³/mol. The van der Waals surface area contributed by atoms with Crippen molar-refractivity contribution in [3.05, 3.63) is 54.1 Å². The van der Waals surface area contributed by atoms with Crippen LogP contribution in [0.4, 0.5) is 0 Å². The highest BCUT2D eigenvalue weighted by Crippen LogP contribution is 2.31. The normalized spacial score (nSPS) is 16.8. The van der Waals surface area contributed by atoms with Gasteiger partial charge >= 0.3 is 5.97 Å². The van der Waals surface area contributed by atoms with Crippen LogP contribution in [0.5, 0.6) is 0 Å². The molecule has 1 fully saturated rings. The maximum atomic E-state index is 12.3. The van der Waals surface area contributed by atoms with Gasteiger partial charge in [-0.05, 0) is 43.7 Å². The quantitative estimate of drug-likeness (QED) is 0.612. The summed E-state index contributed by atoms with van der Waals surface area (Å²) in [6.45, 7) is 1.04. The highest BCUT2D eigenvalue weighted by Gasteiger charge is 2.32. The number of pyridine rings is 1. The van der Waals surface area contributed by atoms with Gasteiger partial charge in [-0.3, -0.25) is 14.7 Å². The molecule has 0 unspecified atom stereocenters. The molecule has 0 saturated carbocycles. The van der Waals surface area contributed by atoms with Gasteiger partial charge in [0.25, 0.3) is 0 Å². The van der Waals surface area contributed by atoms with E-state index in [1.807, 2.05) is 4.90 Å². The average Bonchev–Trinajstić information content (AvgIpc) is 3.47. The van der Waals surface area contributed by atoms with Crippen molar-refractivity contribution < 1.29 is 23.6 Å². The number of carbonyl (C=O) groups is 2. The summed E-state index contributed by atoms with van der Waals surface area (Å²) in [5.41, 5.74) is 0.816. The molecule has 0 aromatic carbocycles. The first-order chi connectivity index (χ1) is 14.1. The molecule has 1 aliphatic heterocycles. The van der Waals surface area contributed by atoms with Crippen molar-refractivity contribution in [3.63, 3.8) is 0 Å². The zero-order chi connectivity index (χ0) is 20.2. The van der Waals surface area contributed by atoms with E-state index in [-0.39, 0.29) is 30.8 Å². The molecule has 0 bridgehead atoms. The number of hydrogen-bond acceptors (Lipinski definition) is 8. The Bertz CT molecular complexity index is 999. The molecule has 10 nitrogen and oxygen atoms in total. The molecule has 3 aromatic rings. The zero-order valence-electron chi connectivity index (χ0n) is 15.4. The summed E-state index contributed by atoms with van der Waals surface area (Å²) in [4.78, 5) is 33.6. The van der Waals surface area contributed by atoms with Crippen LogP contribution in [-0.4, -0.2) is 50.1 Å². The Balaban J connectivity index is 1.35. The summed E-state index contributed by atoms with van der Waals surface area (Å²) >= 11 is 0. The number of amides is 1. The maximum Gasteiger partial charge on any atom is 0.371 e. The van der Waals surface area contributed by atoms with E-state index in [0.29, 0.717) is 17.5 Å². The minimum absolute atomic E-state index is 0.119. The number of likely N-dealkylation sites (tertiary alicyclic amines) is 1. The fraction of sp³-hybridized carbons (Fsp3) is 0.316. The van der Waals surface area contributed by atoms with E-state index in [9.17, 15) is 9.59 Å². The molecule has 1 saturated heterocycles. The van der Waals surface area contributed by atoms with Gasteiger partial charge in [0.1, 0.15) is 5.76 Å². The first-order valence-electron chi connectivity index (χ1n) is 9.17.